The Morgan fingerprint density at radius 3 is 2.95 bits per heavy atom. The molecule has 0 unspecified atom stereocenters. The smallest absolute Gasteiger partial charge is 0.231 e. The van der Waals surface area contributed by atoms with Gasteiger partial charge in [-0.25, -0.2) is 4.98 Å². The average molecular weight is 301 g/mol. The molecule has 0 bridgehead atoms. The number of nitrogens with one attached hydrogen (secondary N) is 1. The summed E-state index contributed by atoms with van der Waals surface area (Å²) in [6, 6.07) is 6.46. The van der Waals surface area contributed by atoms with Gasteiger partial charge >= 0.3 is 0 Å². The van der Waals surface area contributed by atoms with Gasteiger partial charge in [0.15, 0.2) is 11.5 Å². The molecule has 1 atom stereocenters. The third-order valence-electron chi connectivity index (χ3n) is 4.10. The minimum absolute atomic E-state index is 0.310. The highest BCUT2D eigenvalue weighted by Crippen LogP contribution is 2.34. The van der Waals surface area contributed by atoms with Crippen molar-refractivity contribution in [2.75, 3.05) is 13.3 Å². The highest BCUT2D eigenvalue weighted by molar-refractivity contribution is 5.45. The van der Waals surface area contributed by atoms with Crippen molar-refractivity contribution < 1.29 is 9.47 Å². The molecule has 118 valence electrons. The highest BCUT2D eigenvalue weighted by Gasteiger charge is 2.15. The van der Waals surface area contributed by atoms with Crippen molar-refractivity contribution in [1.29, 1.82) is 0 Å². The molecule has 1 N–H and O–H groups in total. The summed E-state index contributed by atoms with van der Waals surface area (Å²) in [6.07, 6.45) is 6.19. The number of imidazole rings is 1. The molecule has 0 amide bonds. The minimum atomic E-state index is 0.310. The highest BCUT2D eigenvalue weighted by atomic mass is 16.7. The third kappa shape index (κ3) is 3.42. The van der Waals surface area contributed by atoms with Crippen LogP contribution in [0.25, 0.3) is 0 Å². The zero-order valence-corrected chi connectivity index (χ0v) is 13.2. The maximum Gasteiger partial charge on any atom is 0.231 e. The van der Waals surface area contributed by atoms with Gasteiger partial charge in [-0.3, -0.25) is 0 Å². The summed E-state index contributed by atoms with van der Waals surface area (Å²) in [5.74, 6) is 2.77. The number of aryl methyl sites for hydroxylation is 2. The first-order chi connectivity index (χ1) is 10.7. The van der Waals surface area contributed by atoms with E-state index < -0.39 is 0 Å². The van der Waals surface area contributed by atoms with Crippen molar-refractivity contribution >= 4 is 0 Å². The number of ether oxygens (including phenoxy) is 2. The van der Waals surface area contributed by atoms with E-state index >= 15 is 0 Å². The Balaban J connectivity index is 1.41. The molecule has 5 nitrogen and oxygen atoms in total. The first-order valence-corrected chi connectivity index (χ1v) is 7.85. The van der Waals surface area contributed by atoms with E-state index in [9.17, 15) is 0 Å². The molecule has 22 heavy (non-hydrogen) atoms. The molecular formula is C17H23N3O2. The van der Waals surface area contributed by atoms with E-state index in [1.165, 1.54) is 5.56 Å². The Morgan fingerprint density at radius 1 is 1.27 bits per heavy atom. The second-order valence-corrected chi connectivity index (χ2v) is 5.66. The van der Waals surface area contributed by atoms with Crippen LogP contribution in [-0.4, -0.2) is 22.9 Å². The van der Waals surface area contributed by atoms with Crippen LogP contribution in [0.3, 0.4) is 0 Å². The van der Waals surface area contributed by atoms with Crippen molar-refractivity contribution in [3.8, 4) is 11.5 Å². The topological polar surface area (TPSA) is 48.3 Å². The number of unbranched alkanes of at least 4 members (excludes halogenated alkanes) is 1. The summed E-state index contributed by atoms with van der Waals surface area (Å²) >= 11 is 0. The van der Waals surface area contributed by atoms with Gasteiger partial charge in [0.05, 0.1) is 0 Å². The van der Waals surface area contributed by atoms with Gasteiger partial charge < -0.3 is 19.4 Å². The van der Waals surface area contributed by atoms with Gasteiger partial charge in [-0.2, -0.15) is 0 Å². The molecular weight excluding hydrogens is 278 g/mol. The number of aromatic nitrogens is 2. The van der Waals surface area contributed by atoms with Gasteiger partial charge in [0, 0.05) is 25.0 Å². The van der Waals surface area contributed by atoms with Gasteiger partial charge in [0.25, 0.3) is 0 Å². The van der Waals surface area contributed by atoms with E-state index in [-0.39, 0.29) is 0 Å². The van der Waals surface area contributed by atoms with E-state index in [4.69, 9.17) is 9.47 Å². The lowest BCUT2D eigenvalue weighted by Gasteiger charge is -2.15. The lowest BCUT2D eigenvalue weighted by Crippen LogP contribution is -2.20. The third-order valence-corrected chi connectivity index (χ3v) is 4.10. The maximum atomic E-state index is 5.43. The molecule has 3 rings (SSSR count). The lowest BCUT2D eigenvalue weighted by molar-refractivity contribution is 0.174. The van der Waals surface area contributed by atoms with Crippen molar-refractivity contribution in [3.63, 3.8) is 0 Å². The Hall–Kier alpha value is -2.01. The predicted molar refractivity (Wildman–Crippen MR) is 85.2 cm³/mol. The van der Waals surface area contributed by atoms with Crippen molar-refractivity contribution in [2.45, 2.75) is 39.3 Å². The molecule has 1 aromatic carbocycles. The fourth-order valence-corrected chi connectivity index (χ4v) is 2.67. The summed E-state index contributed by atoms with van der Waals surface area (Å²) in [5, 5.41) is 3.56. The fraction of sp³-hybridized carbons (Fsp3) is 0.471. The van der Waals surface area contributed by atoms with Crippen LogP contribution in [0.2, 0.25) is 0 Å². The van der Waals surface area contributed by atoms with Crippen LogP contribution >= 0.6 is 0 Å². The number of benzene rings is 1. The Bertz CT molecular complexity index is 624. The molecule has 1 aliphatic rings. The maximum absolute atomic E-state index is 5.43. The van der Waals surface area contributed by atoms with E-state index in [1.54, 1.807) is 0 Å². The second-order valence-electron chi connectivity index (χ2n) is 5.66. The average Bonchev–Trinajstić information content (AvgIpc) is 3.15. The van der Waals surface area contributed by atoms with Crippen molar-refractivity contribution in [3.05, 3.63) is 42.0 Å². The molecule has 0 spiro atoms. The standard InChI is InChI=1S/C17H23N3O2/c1-13(15-5-6-16-17(11-15)22-12-21-16)18-7-3-4-9-20-10-8-19-14(20)2/h5-6,8,10-11,13,18H,3-4,7,9,12H2,1-2H3/t13-/m1/s1. The number of rotatable bonds is 7. The Labute approximate surface area is 131 Å². The fourth-order valence-electron chi connectivity index (χ4n) is 2.67. The van der Waals surface area contributed by atoms with E-state index in [0.29, 0.717) is 12.8 Å². The number of nitrogens with zero attached hydrogens (tertiary/aromatic N) is 2. The summed E-state index contributed by atoms with van der Waals surface area (Å²) in [6.45, 7) is 6.58. The summed E-state index contributed by atoms with van der Waals surface area (Å²) < 4.78 is 13.0. The van der Waals surface area contributed by atoms with Crippen LogP contribution in [0.5, 0.6) is 11.5 Å². The molecule has 1 aromatic heterocycles. The quantitative estimate of drug-likeness (QED) is 0.799. The zero-order valence-electron chi connectivity index (χ0n) is 13.2. The van der Waals surface area contributed by atoms with E-state index in [2.05, 4.69) is 33.9 Å². The predicted octanol–water partition coefficient (Wildman–Crippen LogP) is 3.05. The van der Waals surface area contributed by atoms with Gasteiger partial charge in [-0.15, -0.1) is 0 Å². The monoisotopic (exact) mass is 301 g/mol. The molecule has 1 aliphatic heterocycles. The second kappa shape index (κ2) is 6.83. The van der Waals surface area contributed by atoms with Gasteiger partial charge in [0.1, 0.15) is 5.82 Å². The number of hydrogen-bond acceptors (Lipinski definition) is 4. The largest absolute Gasteiger partial charge is 0.454 e. The number of fused-ring (bicyclic) bond motifs is 1. The summed E-state index contributed by atoms with van der Waals surface area (Å²) in [4.78, 5) is 4.24. The molecule has 5 heteroatoms. The first kappa shape index (κ1) is 14.9. The van der Waals surface area contributed by atoms with Crippen molar-refractivity contribution in [2.24, 2.45) is 0 Å². The van der Waals surface area contributed by atoms with Crippen LogP contribution in [0.15, 0.2) is 30.6 Å². The molecule has 0 saturated heterocycles. The molecule has 0 saturated carbocycles. The first-order valence-electron chi connectivity index (χ1n) is 7.85. The van der Waals surface area contributed by atoms with Crippen LogP contribution < -0.4 is 14.8 Å². The normalized spacial score (nSPS) is 14.3. The van der Waals surface area contributed by atoms with E-state index in [0.717, 1.165) is 43.3 Å². The van der Waals surface area contributed by atoms with Gasteiger partial charge in [-0.1, -0.05) is 6.07 Å². The van der Waals surface area contributed by atoms with Crippen LogP contribution in [0, 0.1) is 6.92 Å². The van der Waals surface area contributed by atoms with E-state index in [1.807, 2.05) is 25.4 Å². The number of hydrogen-bond donors (Lipinski definition) is 1. The molecule has 0 fully saturated rings. The molecule has 0 aliphatic carbocycles. The van der Waals surface area contributed by atoms with Gasteiger partial charge in [0.2, 0.25) is 6.79 Å². The zero-order chi connectivity index (χ0) is 15.4. The molecule has 0 radical (unpaired) electrons. The molecule has 2 aromatic rings. The summed E-state index contributed by atoms with van der Waals surface area (Å²) in [7, 11) is 0. The lowest BCUT2D eigenvalue weighted by atomic mass is 10.1. The van der Waals surface area contributed by atoms with Crippen LogP contribution in [0.1, 0.15) is 37.2 Å². The van der Waals surface area contributed by atoms with Gasteiger partial charge in [-0.05, 0) is 50.9 Å². The molecule has 2 heterocycles. The Morgan fingerprint density at radius 2 is 2.14 bits per heavy atom. The Kier molecular flexibility index (Phi) is 4.63. The van der Waals surface area contributed by atoms with Crippen LogP contribution in [0.4, 0.5) is 0 Å². The SMILES string of the molecule is Cc1nccn1CCCCN[C@H](C)c1ccc2c(c1)OCO2. The van der Waals surface area contributed by atoms with Crippen LogP contribution in [-0.2, 0) is 6.54 Å². The summed E-state index contributed by atoms with van der Waals surface area (Å²) in [5.41, 5.74) is 1.23. The minimum Gasteiger partial charge on any atom is -0.454 e. The van der Waals surface area contributed by atoms with Crippen molar-refractivity contribution in [1.82, 2.24) is 14.9 Å².